The van der Waals surface area contributed by atoms with Crippen LogP contribution in [0.25, 0.3) is 0 Å². The van der Waals surface area contributed by atoms with E-state index in [0.29, 0.717) is 51.4 Å². The second kappa shape index (κ2) is 11.1. The summed E-state index contributed by atoms with van der Waals surface area (Å²) in [7, 11) is 0. The van der Waals surface area contributed by atoms with E-state index in [-0.39, 0.29) is 60.1 Å². The zero-order valence-corrected chi connectivity index (χ0v) is 25.7. The van der Waals surface area contributed by atoms with Crippen molar-refractivity contribution >= 4 is 47.2 Å². The molecule has 1 aromatic rings. The molecule has 0 saturated carbocycles. The van der Waals surface area contributed by atoms with Crippen molar-refractivity contribution < 1.29 is 38.3 Å². The summed E-state index contributed by atoms with van der Waals surface area (Å²) in [6.07, 6.45) is 0.480. The Kier molecular flexibility index (Phi) is 7.56. The first-order chi connectivity index (χ1) is 21.2. The van der Waals surface area contributed by atoms with Crippen LogP contribution in [-0.4, -0.2) is 113 Å². The van der Waals surface area contributed by atoms with E-state index in [0.717, 1.165) is 4.90 Å². The molecule has 240 valence electrons. The van der Waals surface area contributed by atoms with Crippen molar-refractivity contribution in [1.82, 2.24) is 25.3 Å². The molecule has 1 spiro atoms. The van der Waals surface area contributed by atoms with Gasteiger partial charge in [-0.2, -0.15) is 0 Å². The number of hydrogen-bond donors (Lipinski definition) is 2. The summed E-state index contributed by atoms with van der Waals surface area (Å²) in [5, 5.41) is 5.01. The quantitative estimate of drug-likeness (QED) is 0.433. The maximum atomic E-state index is 13.4. The second-order valence-electron chi connectivity index (χ2n) is 13.7. The number of benzene rings is 1. The number of ether oxygens (including phenoxy) is 1. The van der Waals surface area contributed by atoms with Gasteiger partial charge < -0.3 is 24.8 Å². The van der Waals surface area contributed by atoms with Crippen LogP contribution in [0.2, 0.25) is 0 Å². The van der Waals surface area contributed by atoms with Gasteiger partial charge in [0.2, 0.25) is 23.6 Å². The molecule has 0 aliphatic carbocycles. The number of rotatable bonds is 6. The molecule has 2 N–H and O–H groups in total. The summed E-state index contributed by atoms with van der Waals surface area (Å²) >= 11 is 0. The topological polar surface area (TPSA) is 166 Å². The summed E-state index contributed by atoms with van der Waals surface area (Å²) in [6.45, 7) is 8.56. The Morgan fingerprint density at radius 2 is 1.64 bits per heavy atom. The fourth-order valence-corrected chi connectivity index (χ4v) is 6.94. The maximum absolute atomic E-state index is 13.4. The van der Waals surface area contributed by atoms with Crippen molar-refractivity contribution in [2.24, 2.45) is 5.41 Å². The molecule has 7 amide bonds. The standard InChI is InChI=1S/C31H38N6O8/c1-30(2,3)45-29(44)32-18-11-12-34(13-18)23(39)9-10-24(40)36-16-31(17-36)14-35(15-31)20-6-4-5-19-25(20)28(43)37(27(19)42)21-7-8-22(38)33-26(21)41/h4-6,18,21H,7-17H2,1-3H3,(H,32,44)(H,33,38,41)/t18-,21?/m0/s1. The van der Waals surface area contributed by atoms with Crippen molar-refractivity contribution in [3.8, 4) is 0 Å². The summed E-state index contributed by atoms with van der Waals surface area (Å²) in [4.78, 5) is 94.6. The molecular weight excluding hydrogens is 584 g/mol. The Morgan fingerprint density at radius 1 is 0.956 bits per heavy atom. The summed E-state index contributed by atoms with van der Waals surface area (Å²) < 4.78 is 5.28. The molecule has 4 saturated heterocycles. The van der Waals surface area contributed by atoms with Gasteiger partial charge in [0.1, 0.15) is 11.6 Å². The molecule has 2 atom stereocenters. The predicted molar refractivity (Wildman–Crippen MR) is 158 cm³/mol. The lowest BCUT2D eigenvalue weighted by Crippen LogP contribution is -2.73. The van der Waals surface area contributed by atoms with Crippen LogP contribution in [0.1, 0.15) is 73.6 Å². The van der Waals surface area contributed by atoms with E-state index in [1.165, 1.54) is 0 Å². The van der Waals surface area contributed by atoms with E-state index < -0.39 is 41.4 Å². The van der Waals surface area contributed by atoms with Crippen molar-refractivity contribution in [3.05, 3.63) is 29.3 Å². The largest absolute Gasteiger partial charge is 0.444 e. The number of likely N-dealkylation sites (tertiary alicyclic amines) is 2. The van der Waals surface area contributed by atoms with Gasteiger partial charge in [0, 0.05) is 63.9 Å². The average molecular weight is 623 g/mol. The van der Waals surface area contributed by atoms with Gasteiger partial charge in [-0.3, -0.25) is 39.0 Å². The number of carbonyl (C=O) groups excluding carboxylic acids is 7. The molecule has 0 bridgehead atoms. The Morgan fingerprint density at radius 3 is 2.31 bits per heavy atom. The molecule has 4 fully saturated rings. The van der Waals surface area contributed by atoms with E-state index in [2.05, 4.69) is 10.6 Å². The molecule has 45 heavy (non-hydrogen) atoms. The normalized spacial score (nSPS) is 23.9. The number of nitrogens with zero attached hydrogens (tertiary/aromatic N) is 4. The summed E-state index contributed by atoms with van der Waals surface area (Å²) in [6, 6.07) is 3.86. The molecule has 14 nitrogen and oxygen atoms in total. The lowest BCUT2D eigenvalue weighted by Gasteiger charge is -2.61. The zero-order valence-electron chi connectivity index (χ0n) is 25.7. The van der Waals surface area contributed by atoms with Crippen molar-refractivity contribution in [2.75, 3.05) is 44.2 Å². The third kappa shape index (κ3) is 5.85. The Balaban J connectivity index is 0.970. The maximum Gasteiger partial charge on any atom is 0.407 e. The molecule has 0 aromatic heterocycles. The number of nitrogens with one attached hydrogen (secondary N) is 2. The van der Waals surface area contributed by atoms with Gasteiger partial charge >= 0.3 is 6.09 Å². The molecule has 5 aliphatic heterocycles. The highest BCUT2D eigenvalue weighted by Crippen LogP contribution is 2.45. The Bertz CT molecular complexity index is 1490. The lowest BCUT2D eigenvalue weighted by atomic mass is 9.72. The van der Waals surface area contributed by atoms with Crippen molar-refractivity contribution in [1.29, 1.82) is 0 Å². The SMILES string of the molecule is CC(C)(C)OC(=O)N[C@H]1CCN(C(=O)CCC(=O)N2CC3(C2)CN(c2cccc4c2C(=O)N(C2CCC(=O)NC2=O)C4=O)C3)C1. The van der Waals surface area contributed by atoms with Crippen molar-refractivity contribution in [3.63, 3.8) is 0 Å². The number of hydrogen-bond acceptors (Lipinski definition) is 9. The average Bonchev–Trinajstić information content (AvgIpc) is 3.47. The van der Waals surface area contributed by atoms with Crippen LogP contribution in [0, 0.1) is 5.41 Å². The molecule has 0 radical (unpaired) electrons. The highest BCUT2D eigenvalue weighted by molar-refractivity contribution is 6.25. The fourth-order valence-electron chi connectivity index (χ4n) is 6.94. The van der Waals surface area contributed by atoms with Gasteiger partial charge in [-0.15, -0.1) is 0 Å². The minimum absolute atomic E-state index is 0.0563. The Labute approximate surface area is 260 Å². The third-order valence-corrected chi connectivity index (χ3v) is 9.06. The fraction of sp³-hybridized carbons (Fsp3) is 0.581. The molecule has 1 unspecified atom stereocenters. The molecular formula is C31H38N6O8. The highest BCUT2D eigenvalue weighted by Gasteiger charge is 2.55. The number of anilines is 1. The first-order valence-corrected chi connectivity index (χ1v) is 15.4. The summed E-state index contributed by atoms with van der Waals surface area (Å²) in [5.74, 6) is -2.36. The van der Waals surface area contributed by atoms with Crippen LogP contribution in [0.15, 0.2) is 18.2 Å². The molecule has 6 rings (SSSR count). The predicted octanol–water partition coefficient (Wildman–Crippen LogP) is 0.642. The molecule has 14 heteroatoms. The minimum atomic E-state index is -1.02. The number of amides is 7. The van der Waals surface area contributed by atoms with E-state index in [9.17, 15) is 33.6 Å². The van der Waals surface area contributed by atoms with Crippen molar-refractivity contribution in [2.45, 2.75) is 70.6 Å². The second-order valence-corrected chi connectivity index (χ2v) is 13.7. The number of fused-ring (bicyclic) bond motifs is 1. The van der Waals surface area contributed by atoms with Crippen LogP contribution < -0.4 is 15.5 Å². The van der Waals surface area contributed by atoms with Crippen LogP contribution in [0.5, 0.6) is 0 Å². The molecule has 1 aromatic carbocycles. The first-order valence-electron chi connectivity index (χ1n) is 15.4. The number of alkyl carbamates (subject to hydrolysis) is 1. The molecule has 5 aliphatic rings. The first kappa shape index (κ1) is 30.5. The van der Waals surface area contributed by atoms with Crippen LogP contribution >= 0.6 is 0 Å². The number of imide groups is 2. The number of piperidine rings is 1. The zero-order chi connectivity index (χ0) is 32.3. The van der Waals surface area contributed by atoms with Crippen LogP contribution in [0.3, 0.4) is 0 Å². The third-order valence-electron chi connectivity index (χ3n) is 9.06. The Hall–Kier alpha value is -4.49. The van der Waals surface area contributed by atoms with Crippen LogP contribution in [-0.2, 0) is 23.9 Å². The smallest absolute Gasteiger partial charge is 0.407 e. The van der Waals surface area contributed by atoms with Gasteiger partial charge in [0.15, 0.2) is 0 Å². The van der Waals surface area contributed by atoms with Gasteiger partial charge in [0.25, 0.3) is 11.8 Å². The summed E-state index contributed by atoms with van der Waals surface area (Å²) in [5.41, 5.74) is 0.397. The van der Waals surface area contributed by atoms with Gasteiger partial charge in [-0.05, 0) is 45.7 Å². The van der Waals surface area contributed by atoms with Gasteiger partial charge in [-0.1, -0.05) is 6.07 Å². The monoisotopic (exact) mass is 622 g/mol. The number of carbonyl (C=O) groups is 7. The lowest BCUT2D eigenvalue weighted by molar-refractivity contribution is -0.147. The van der Waals surface area contributed by atoms with E-state index >= 15 is 0 Å². The van der Waals surface area contributed by atoms with E-state index in [4.69, 9.17) is 4.74 Å². The highest BCUT2D eigenvalue weighted by atomic mass is 16.6. The minimum Gasteiger partial charge on any atom is -0.444 e. The van der Waals surface area contributed by atoms with E-state index in [1.54, 1.807) is 48.8 Å². The molecule has 5 heterocycles. The van der Waals surface area contributed by atoms with Gasteiger partial charge in [-0.25, -0.2) is 4.79 Å². The van der Waals surface area contributed by atoms with Gasteiger partial charge in [0.05, 0.1) is 22.9 Å². The van der Waals surface area contributed by atoms with E-state index in [1.807, 2.05) is 4.90 Å². The van der Waals surface area contributed by atoms with Crippen LogP contribution in [0.4, 0.5) is 10.5 Å².